The molecule has 1 atom stereocenters. The number of hydrogen-bond acceptors (Lipinski definition) is 3. The van der Waals surface area contributed by atoms with E-state index in [9.17, 15) is 4.79 Å². The van der Waals surface area contributed by atoms with Crippen LogP contribution in [0.2, 0.25) is 0 Å². The van der Waals surface area contributed by atoms with Gasteiger partial charge >= 0.3 is 5.97 Å². The zero-order valence-electron chi connectivity index (χ0n) is 12.9. The van der Waals surface area contributed by atoms with E-state index in [2.05, 4.69) is 23.5 Å². The van der Waals surface area contributed by atoms with Gasteiger partial charge in [-0.2, -0.15) is 0 Å². The molecular weight excluding hydrogens is 262 g/mol. The van der Waals surface area contributed by atoms with Crippen molar-refractivity contribution in [2.24, 2.45) is 0 Å². The number of hydrogen-bond donors (Lipinski definition) is 1. The standard InChI is InChI=1S/C18H25NO2/c1-21-18(20)12-17(19-16-8-9-16)11-13-6-7-14-4-2-3-5-15(14)10-13/h6-7,10,16-17,19H,2-5,8-9,11-12H2,1H3. The number of benzene rings is 1. The Bertz CT molecular complexity index is 508. The third kappa shape index (κ3) is 4.07. The van der Waals surface area contributed by atoms with Gasteiger partial charge in [-0.05, 0) is 61.6 Å². The molecule has 0 aliphatic heterocycles. The second kappa shape index (κ2) is 6.61. The fourth-order valence-corrected chi connectivity index (χ4v) is 3.26. The van der Waals surface area contributed by atoms with Crippen molar-refractivity contribution in [1.29, 1.82) is 0 Å². The molecular formula is C18H25NO2. The second-order valence-corrected chi connectivity index (χ2v) is 6.43. The Kier molecular flexibility index (Phi) is 4.59. The van der Waals surface area contributed by atoms with E-state index in [-0.39, 0.29) is 12.0 Å². The van der Waals surface area contributed by atoms with Crippen molar-refractivity contribution in [1.82, 2.24) is 5.32 Å². The number of methoxy groups -OCH3 is 1. The molecule has 0 saturated heterocycles. The highest BCUT2D eigenvalue weighted by atomic mass is 16.5. The van der Waals surface area contributed by atoms with Crippen LogP contribution in [-0.4, -0.2) is 25.2 Å². The Labute approximate surface area is 127 Å². The third-order valence-electron chi connectivity index (χ3n) is 4.58. The first-order chi connectivity index (χ1) is 10.2. The molecule has 1 fully saturated rings. The van der Waals surface area contributed by atoms with Crippen LogP contribution in [0.1, 0.15) is 48.8 Å². The Morgan fingerprint density at radius 1 is 1.29 bits per heavy atom. The lowest BCUT2D eigenvalue weighted by atomic mass is 9.89. The number of rotatable bonds is 6. The Morgan fingerprint density at radius 2 is 2.05 bits per heavy atom. The Hall–Kier alpha value is -1.35. The summed E-state index contributed by atoms with van der Waals surface area (Å²) in [6.07, 6.45) is 8.91. The molecule has 3 rings (SSSR count). The number of aryl methyl sites for hydroxylation is 2. The van der Waals surface area contributed by atoms with Gasteiger partial charge in [0, 0.05) is 12.1 Å². The molecule has 1 unspecified atom stereocenters. The average Bonchev–Trinajstić information content (AvgIpc) is 3.31. The van der Waals surface area contributed by atoms with Gasteiger partial charge in [-0.25, -0.2) is 0 Å². The van der Waals surface area contributed by atoms with Crippen molar-refractivity contribution >= 4 is 5.97 Å². The van der Waals surface area contributed by atoms with Gasteiger partial charge in [-0.3, -0.25) is 4.79 Å². The predicted molar refractivity (Wildman–Crippen MR) is 83.4 cm³/mol. The fourth-order valence-electron chi connectivity index (χ4n) is 3.26. The van der Waals surface area contributed by atoms with Crippen molar-refractivity contribution in [3.8, 4) is 0 Å². The number of fused-ring (bicyclic) bond motifs is 1. The lowest BCUT2D eigenvalue weighted by Gasteiger charge is -2.20. The quantitative estimate of drug-likeness (QED) is 0.818. The minimum absolute atomic E-state index is 0.119. The van der Waals surface area contributed by atoms with E-state index in [4.69, 9.17) is 4.74 Å². The number of esters is 1. The maximum absolute atomic E-state index is 11.6. The highest BCUT2D eigenvalue weighted by molar-refractivity contribution is 5.70. The smallest absolute Gasteiger partial charge is 0.307 e. The lowest BCUT2D eigenvalue weighted by molar-refractivity contribution is -0.141. The highest BCUT2D eigenvalue weighted by Gasteiger charge is 2.26. The largest absolute Gasteiger partial charge is 0.469 e. The Morgan fingerprint density at radius 3 is 2.76 bits per heavy atom. The summed E-state index contributed by atoms with van der Waals surface area (Å²) in [6, 6.07) is 7.69. The third-order valence-corrected chi connectivity index (χ3v) is 4.58. The van der Waals surface area contributed by atoms with Crippen LogP contribution in [0.25, 0.3) is 0 Å². The van der Waals surface area contributed by atoms with Crippen LogP contribution in [0.15, 0.2) is 18.2 Å². The van der Waals surface area contributed by atoms with Crippen molar-refractivity contribution in [2.45, 2.75) is 63.5 Å². The molecule has 1 saturated carbocycles. The molecule has 0 bridgehead atoms. The molecule has 0 radical (unpaired) electrons. The lowest BCUT2D eigenvalue weighted by Crippen LogP contribution is -2.35. The monoisotopic (exact) mass is 287 g/mol. The van der Waals surface area contributed by atoms with E-state index >= 15 is 0 Å². The molecule has 3 heteroatoms. The average molecular weight is 287 g/mol. The van der Waals surface area contributed by atoms with Crippen molar-refractivity contribution in [3.63, 3.8) is 0 Å². The normalized spacial score (nSPS) is 18.9. The van der Waals surface area contributed by atoms with Gasteiger partial charge in [-0.1, -0.05) is 18.2 Å². The first-order valence-corrected chi connectivity index (χ1v) is 8.18. The van der Waals surface area contributed by atoms with Gasteiger partial charge in [0.15, 0.2) is 0 Å². The first-order valence-electron chi connectivity index (χ1n) is 8.18. The van der Waals surface area contributed by atoms with E-state index in [0.717, 1.165) is 6.42 Å². The van der Waals surface area contributed by atoms with Gasteiger partial charge < -0.3 is 10.1 Å². The molecule has 0 aromatic heterocycles. The summed E-state index contributed by atoms with van der Waals surface area (Å²) in [5.41, 5.74) is 4.38. The van der Waals surface area contributed by atoms with Crippen molar-refractivity contribution in [3.05, 3.63) is 34.9 Å². The van der Waals surface area contributed by atoms with Gasteiger partial charge in [0.25, 0.3) is 0 Å². The molecule has 0 amide bonds. The molecule has 1 aromatic carbocycles. The predicted octanol–water partition coefficient (Wildman–Crippen LogP) is 2.79. The molecule has 114 valence electrons. The maximum Gasteiger partial charge on any atom is 0.307 e. The van der Waals surface area contributed by atoms with Gasteiger partial charge in [0.2, 0.25) is 0 Å². The van der Waals surface area contributed by atoms with Crippen LogP contribution in [0, 0.1) is 0 Å². The number of ether oxygens (including phenoxy) is 1. The van der Waals surface area contributed by atoms with Gasteiger partial charge in [0.05, 0.1) is 13.5 Å². The van der Waals surface area contributed by atoms with Crippen LogP contribution in [-0.2, 0) is 28.8 Å². The molecule has 21 heavy (non-hydrogen) atoms. The van der Waals surface area contributed by atoms with Crippen molar-refractivity contribution in [2.75, 3.05) is 7.11 Å². The maximum atomic E-state index is 11.6. The van der Waals surface area contributed by atoms with E-state index in [1.54, 1.807) is 0 Å². The highest BCUT2D eigenvalue weighted by Crippen LogP contribution is 2.24. The summed E-state index contributed by atoms with van der Waals surface area (Å²) < 4.78 is 4.83. The number of carbonyl (C=O) groups is 1. The minimum atomic E-state index is -0.119. The SMILES string of the molecule is COC(=O)CC(Cc1ccc2c(c1)CCCC2)NC1CC1. The van der Waals surface area contributed by atoms with E-state index in [1.807, 2.05) is 0 Å². The van der Waals surface area contributed by atoms with E-state index < -0.39 is 0 Å². The van der Waals surface area contributed by atoms with E-state index in [0.29, 0.717) is 12.5 Å². The fraction of sp³-hybridized carbons (Fsp3) is 0.611. The molecule has 0 spiro atoms. The molecule has 2 aliphatic carbocycles. The summed E-state index contributed by atoms with van der Waals surface area (Å²) in [6.45, 7) is 0. The summed E-state index contributed by atoms with van der Waals surface area (Å²) in [5, 5.41) is 3.58. The first kappa shape index (κ1) is 14.6. The van der Waals surface area contributed by atoms with Gasteiger partial charge in [0.1, 0.15) is 0 Å². The number of nitrogens with one attached hydrogen (secondary N) is 1. The van der Waals surface area contributed by atoms with Crippen LogP contribution in [0.4, 0.5) is 0 Å². The summed E-state index contributed by atoms with van der Waals surface area (Å²) in [5.74, 6) is -0.119. The van der Waals surface area contributed by atoms with Gasteiger partial charge in [-0.15, -0.1) is 0 Å². The Balaban J connectivity index is 1.67. The van der Waals surface area contributed by atoms with Crippen molar-refractivity contribution < 1.29 is 9.53 Å². The molecule has 2 aliphatic rings. The molecule has 1 N–H and O–H groups in total. The zero-order chi connectivity index (χ0) is 14.7. The molecule has 3 nitrogen and oxygen atoms in total. The van der Waals surface area contributed by atoms with Crippen LogP contribution in [0.5, 0.6) is 0 Å². The summed E-state index contributed by atoms with van der Waals surface area (Å²) in [7, 11) is 1.47. The minimum Gasteiger partial charge on any atom is -0.469 e. The topological polar surface area (TPSA) is 38.3 Å². The zero-order valence-corrected chi connectivity index (χ0v) is 12.9. The van der Waals surface area contributed by atoms with E-state index in [1.165, 1.54) is 62.3 Å². The molecule has 1 aromatic rings. The van der Waals surface area contributed by atoms with Crippen LogP contribution < -0.4 is 5.32 Å². The number of carbonyl (C=O) groups excluding carboxylic acids is 1. The molecule has 0 heterocycles. The summed E-state index contributed by atoms with van der Waals surface area (Å²) >= 11 is 0. The van der Waals surface area contributed by atoms with Crippen LogP contribution in [0.3, 0.4) is 0 Å². The van der Waals surface area contributed by atoms with Crippen LogP contribution >= 0.6 is 0 Å². The summed E-state index contributed by atoms with van der Waals surface area (Å²) in [4.78, 5) is 11.6. The second-order valence-electron chi connectivity index (χ2n) is 6.43.